The van der Waals surface area contributed by atoms with Crippen molar-refractivity contribution in [2.45, 2.75) is 26.9 Å². The molecule has 2 aromatic rings. The fourth-order valence-corrected chi connectivity index (χ4v) is 2.50. The molecule has 3 N–H and O–H groups in total. The van der Waals surface area contributed by atoms with Crippen LogP contribution < -0.4 is 25.4 Å². The van der Waals surface area contributed by atoms with Crippen molar-refractivity contribution >= 4 is 23.4 Å². The van der Waals surface area contributed by atoms with Crippen LogP contribution in [0.2, 0.25) is 0 Å². The van der Waals surface area contributed by atoms with Gasteiger partial charge in [-0.15, -0.1) is 0 Å². The summed E-state index contributed by atoms with van der Waals surface area (Å²) < 4.78 is 11.0. The highest BCUT2D eigenvalue weighted by Crippen LogP contribution is 2.19. The quantitative estimate of drug-likeness (QED) is 0.519. The van der Waals surface area contributed by atoms with Crippen molar-refractivity contribution < 1.29 is 23.9 Å². The van der Waals surface area contributed by atoms with Crippen LogP contribution in [0.3, 0.4) is 0 Å². The summed E-state index contributed by atoms with van der Waals surface area (Å²) in [6.07, 6.45) is -0.709. The van der Waals surface area contributed by atoms with Crippen molar-refractivity contribution in [3.05, 3.63) is 54.1 Å². The molecule has 3 amide bonds. The first-order valence-corrected chi connectivity index (χ1v) is 9.72. The van der Waals surface area contributed by atoms with Gasteiger partial charge in [0.2, 0.25) is 5.91 Å². The van der Waals surface area contributed by atoms with Crippen LogP contribution in [-0.4, -0.2) is 43.5 Å². The predicted molar refractivity (Wildman–Crippen MR) is 114 cm³/mol. The number of carbonyl (C=O) groups is 3. The maximum atomic E-state index is 12.4. The number of nitrogens with one attached hydrogen (secondary N) is 3. The van der Waals surface area contributed by atoms with Crippen molar-refractivity contribution in [2.24, 2.45) is 0 Å². The van der Waals surface area contributed by atoms with E-state index in [1.54, 1.807) is 55.5 Å². The Hall–Kier alpha value is -3.55. The highest BCUT2D eigenvalue weighted by Gasteiger charge is 2.15. The number of anilines is 1. The first-order chi connectivity index (χ1) is 14.4. The van der Waals surface area contributed by atoms with Gasteiger partial charge in [-0.05, 0) is 62.4 Å². The van der Waals surface area contributed by atoms with Gasteiger partial charge in [0.1, 0.15) is 11.5 Å². The molecule has 30 heavy (non-hydrogen) atoms. The highest BCUT2D eigenvalue weighted by atomic mass is 16.5. The van der Waals surface area contributed by atoms with Gasteiger partial charge >= 0.3 is 0 Å². The number of carbonyl (C=O) groups excluding carboxylic acids is 3. The van der Waals surface area contributed by atoms with Gasteiger partial charge in [-0.25, -0.2) is 0 Å². The normalized spacial score (nSPS) is 11.2. The largest absolute Gasteiger partial charge is 0.494 e. The molecule has 0 aliphatic carbocycles. The number of ether oxygens (including phenoxy) is 2. The maximum absolute atomic E-state index is 12.4. The number of hydrogen-bond acceptors (Lipinski definition) is 5. The standard InChI is InChI=1S/C22H27N3O5/c1-4-29-19-9-11-20(12-10-19)30-15(2)21(27)25-18-7-5-17(6-8-18)22(28)24-14-13-23-16(3)26/h5-12,15H,4,13-14H2,1-3H3,(H,23,26)(H,24,28)(H,25,27). The maximum Gasteiger partial charge on any atom is 0.265 e. The Morgan fingerprint density at radius 1 is 0.900 bits per heavy atom. The SMILES string of the molecule is CCOc1ccc(OC(C)C(=O)Nc2ccc(C(=O)NCCNC(C)=O)cc2)cc1. The zero-order chi connectivity index (χ0) is 21.9. The second-order valence-electron chi connectivity index (χ2n) is 6.47. The Kier molecular flexibility index (Phi) is 8.68. The molecule has 8 nitrogen and oxygen atoms in total. The van der Waals surface area contributed by atoms with E-state index >= 15 is 0 Å². The summed E-state index contributed by atoms with van der Waals surface area (Å²) in [6, 6.07) is 13.6. The number of rotatable bonds is 10. The molecular weight excluding hydrogens is 386 g/mol. The molecule has 2 aromatic carbocycles. The molecule has 0 bridgehead atoms. The van der Waals surface area contributed by atoms with Crippen LogP contribution in [0.15, 0.2) is 48.5 Å². The second-order valence-corrected chi connectivity index (χ2v) is 6.47. The fourth-order valence-electron chi connectivity index (χ4n) is 2.50. The molecule has 0 saturated carbocycles. The van der Waals surface area contributed by atoms with Crippen LogP contribution in [0, 0.1) is 0 Å². The Balaban J connectivity index is 1.82. The third-order valence-electron chi connectivity index (χ3n) is 4.02. The van der Waals surface area contributed by atoms with E-state index in [-0.39, 0.29) is 17.7 Å². The smallest absolute Gasteiger partial charge is 0.265 e. The molecule has 0 fully saturated rings. The molecule has 0 heterocycles. The minimum absolute atomic E-state index is 0.148. The molecule has 8 heteroatoms. The lowest BCUT2D eigenvalue weighted by Gasteiger charge is -2.15. The van der Waals surface area contributed by atoms with E-state index in [4.69, 9.17) is 9.47 Å². The second kappa shape index (κ2) is 11.5. The summed E-state index contributed by atoms with van der Waals surface area (Å²) in [7, 11) is 0. The van der Waals surface area contributed by atoms with E-state index in [9.17, 15) is 14.4 Å². The lowest BCUT2D eigenvalue weighted by molar-refractivity contribution is -0.122. The van der Waals surface area contributed by atoms with Gasteiger partial charge in [-0.3, -0.25) is 14.4 Å². The van der Waals surface area contributed by atoms with E-state index in [2.05, 4.69) is 16.0 Å². The van der Waals surface area contributed by atoms with Crippen molar-refractivity contribution in [3.8, 4) is 11.5 Å². The van der Waals surface area contributed by atoms with Gasteiger partial charge in [0.25, 0.3) is 11.8 Å². The average molecular weight is 413 g/mol. The van der Waals surface area contributed by atoms with E-state index in [0.717, 1.165) is 5.75 Å². The van der Waals surface area contributed by atoms with Gasteiger partial charge in [-0.2, -0.15) is 0 Å². The number of benzene rings is 2. The number of amides is 3. The van der Waals surface area contributed by atoms with Crippen LogP contribution in [0.25, 0.3) is 0 Å². The molecule has 0 radical (unpaired) electrons. The first-order valence-electron chi connectivity index (χ1n) is 9.72. The van der Waals surface area contributed by atoms with Gasteiger partial charge < -0.3 is 25.4 Å². The summed E-state index contributed by atoms with van der Waals surface area (Å²) in [5, 5.41) is 8.06. The molecule has 1 atom stereocenters. The predicted octanol–water partition coefficient (Wildman–Crippen LogP) is 2.36. The van der Waals surface area contributed by atoms with Gasteiger partial charge in [0.05, 0.1) is 6.61 Å². The fraction of sp³-hybridized carbons (Fsp3) is 0.318. The molecular formula is C22H27N3O5. The van der Waals surface area contributed by atoms with Crippen LogP contribution in [-0.2, 0) is 9.59 Å². The lowest BCUT2D eigenvalue weighted by atomic mass is 10.2. The Bertz CT molecular complexity index is 850. The highest BCUT2D eigenvalue weighted by molar-refractivity contribution is 5.96. The Morgan fingerprint density at radius 3 is 2.10 bits per heavy atom. The molecule has 160 valence electrons. The first kappa shape index (κ1) is 22.7. The molecule has 0 aromatic heterocycles. The van der Waals surface area contributed by atoms with Crippen LogP contribution in [0.1, 0.15) is 31.1 Å². The molecule has 0 aliphatic heterocycles. The number of hydrogen-bond donors (Lipinski definition) is 3. The lowest BCUT2D eigenvalue weighted by Crippen LogP contribution is -2.33. The molecule has 0 aliphatic rings. The van der Waals surface area contributed by atoms with E-state index in [0.29, 0.717) is 36.7 Å². The van der Waals surface area contributed by atoms with Gasteiger partial charge in [0.15, 0.2) is 6.10 Å². The third kappa shape index (κ3) is 7.46. The van der Waals surface area contributed by atoms with Crippen molar-refractivity contribution in [1.82, 2.24) is 10.6 Å². The van der Waals surface area contributed by atoms with Crippen LogP contribution in [0.5, 0.6) is 11.5 Å². The summed E-state index contributed by atoms with van der Waals surface area (Å²) in [5.41, 5.74) is 1.01. The summed E-state index contributed by atoms with van der Waals surface area (Å²) in [6.45, 7) is 6.25. The monoisotopic (exact) mass is 413 g/mol. The van der Waals surface area contributed by atoms with Gasteiger partial charge in [-0.1, -0.05) is 0 Å². The summed E-state index contributed by atoms with van der Waals surface area (Å²) in [5.74, 6) is 0.584. The zero-order valence-corrected chi connectivity index (χ0v) is 17.4. The van der Waals surface area contributed by atoms with Crippen molar-refractivity contribution in [2.75, 3.05) is 25.0 Å². The minimum Gasteiger partial charge on any atom is -0.494 e. The van der Waals surface area contributed by atoms with Crippen LogP contribution in [0.4, 0.5) is 5.69 Å². The average Bonchev–Trinajstić information content (AvgIpc) is 2.73. The summed E-state index contributed by atoms with van der Waals surface area (Å²) >= 11 is 0. The Labute approximate surface area is 175 Å². The minimum atomic E-state index is -0.709. The molecule has 0 saturated heterocycles. The molecule has 2 rings (SSSR count). The third-order valence-corrected chi connectivity index (χ3v) is 4.02. The van der Waals surface area contributed by atoms with Crippen molar-refractivity contribution in [1.29, 1.82) is 0 Å². The zero-order valence-electron chi connectivity index (χ0n) is 17.4. The Morgan fingerprint density at radius 2 is 1.50 bits per heavy atom. The van der Waals surface area contributed by atoms with E-state index in [1.165, 1.54) is 6.92 Å². The topological polar surface area (TPSA) is 106 Å². The van der Waals surface area contributed by atoms with Crippen molar-refractivity contribution in [3.63, 3.8) is 0 Å². The van der Waals surface area contributed by atoms with Crippen LogP contribution >= 0.6 is 0 Å². The summed E-state index contributed by atoms with van der Waals surface area (Å²) in [4.78, 5) is 35.2. The molecule has 0 spiro atoms. The van der Waals surface area contributed by atoms with E-state index in [1.807, 2.05) is 6.92 Å². The van der Waals surface area contributed by atoms with E-state index < -0.39 is 6.10 Å². The van der Waals surface area contributed by atoms with Gasteiger partial charge in [0, 0.05) is 31.3 Å². The molecule has 1 unspecified atom stereocenters.